The number of carbonyl (C=O) groups excluding carboxylic acids is 1. The molecule has 0 bridgehead atoms. The van der Waals surface area contributed by atoms with Gasteiger partial charge in [0.1, 0.15) is 5.82 Å². The standard InChI is InChI=1S/C17H21FN4O2/c1-12(2)17(23)22-9-7-21(8-10-22)11-15-19-16(24-20-15)13-3-5-14(18)6-4-13/h3-6,12H,7-11H2,1-2H3. The molecule has 0 atom stereocenters. The van der Waals surface area contributed by atoms with Gasteiger partial charge >= 0.3 is 0 Å². The van der Waals surface area contributed by atoms with Gasteiger partial charge in [0.2, 0.25) is 5.91 Å². The lowest BCUT2D eigenvalue weighted by Gasteiger charge is -2.34. The number of nitrogens with zero attached hydrogens (tertiary/aromatic N) is 4. The van der Waals surface area contributed by atoms with Crippen LogP contribution in [0.15, 0.2) is 28.8 Å². The first kappa shape index (κ1) is 16.6. The smallest absolute Gasteiger partial charge is 0.257 e. The normalized spacial score (nSPS) is 15.9. The van der Waals surface area contributed by atoms with Gasteiger partial charge in [-0.05, 0) is 24.3 Å². The molecule has 0 saturated carbocycles. The van der Waals surface area contributed by atoms with Crippen LogP contribution in [0.2, 0.25) is 0 Å². The van der Waals surface area contributed by atoms with Gasteiger partial charge < -0.3 is 9.42 Å². The highest BCUT2D eigenvalue weighted by molar-refractivity contribution is 5.78. The molecule has 1 saturated heterocycles. The Labute approximate surface area is 140 Å². The van der Waals surface area contributed by atoms with Crippen molar-refractivity contribution in [1.82, 2.24) is 19.9 Å². The Balaban J connectivity index is 1.56. The minimum absolute atomic E-state index is 0.0343. The van der Waals surface area contributed by atoms with E-state index in [0.29, 0.717) is 23.8 Å². The second-order valence-corrected chi connectivity index (χ2v) is 6.28. The zero-order valence-corrected chi connectivity index (χ0v) is 13.9. The molecule has 24 heavy (non-hydrogen) atoms. The van der Waals surface area contributed by atoms with Gasteiger partial charge in [-0.15, -0.1) is 0 Å². The molecule has 1 aromatic carbocycles. The molecule has 1 aliphatic heterocycles. The van der Waals surface area contributed by atoms with E-state index in [2.05, 4.69) is 15.0 Å². The van der Waals surface area contributed by atoms with Crippen LogP contribution in [0.5, 0.6) is 0 Å². The van der Waals surface area contributed by atoms with Crippen LogP contribution in [0.1, 0.15) is 19.7 Å². The van der Waals surface area contributed by atoms with Crippen molar-refractivity contribution < 1.29 is 13.7 Å². The van der Waals surface area contributed by atoms with Crippen LogP contribution in [0, 0.1) is 11.7 Å². The molecule has 1 aromatic heterocycles. The van der Waals surface area contributed by atoms with Crippen LogP contribution in [0.3, 0.4) is 0 Å². The van der Waals surface area contributed by atoms with E-state index >= 15 is 0 Å². The fraction of sp³-hybridized carbons (Fsp3) is 0.471. The van der Waals surface area contributed by atoms with Crippen LogP contribution < -0.4 is 0 Å². The molecule has 1 fully saturated rings. The molecule has 7 heteroatoms. The van der Waals surface area contributed by atoms with Crippen molar-refractivity contribution in [1.29, 1.82) is 0 Å². The molecule has 0 spiro atoms. The molecule has 2 heterocycles. The lowest BCUT2D eigenvalue weighted by atomic mass is 10.1. The Kier molecular flexibility index (Phi) is 4.89. The first-order chi connectivity index (χ1) is 11.5. The molecule has 0 aliphatic carbocycles. The van der Waals surface area contributed by atoms with Gasteiger partial charge in [0.25, 0.3) is 5.89 Å². The predicted molar refractivity (Wildman–Crippen MR) is 86.4 cm³/mol. The molecule has 0 radical (unpaired) electrons. The van der Waals surface area contributed by atoms with Crippen molar-refractivity contribution in [2.45, 2.75) is 20.4 Å². The molecule has 6 nitrogen and oxygen atoms in total. The van der Waals surface area contributed by atoms with Crippen molar-refractivity contribution in [3.05, 3.63) is 35.9 Å². The van der Waals surface area contributed by atoms with Gasteiger partial charge in [-0.3, -0.25) is 9.69 Å². The third kappa shape index (κ3) is 3.79. The number of hydrogen-bond acceptors (Lipinski definition) is 5. The SMILES string of the molecule is CC(C)C(=O)N1CCN(Cc2noc(-c3ccc(F)cc3)n2)CC1. The lowest BCUT2D eigenvalue weighted by Crippen LogP contribution is -2.49. The maximum absolute atomic E-state index is 13.0. The van der Waals surface area contributed by atoms with E-state index < -0.39 is 0 Å². The maximum atomic E-state index is 13.0. The highest BCUT2D eigenvalue weighted by Gasteiger charge is 2.23. The highest BCUT2D eigenvalue weighted by Crippen LogP contribution is 2.18. The summed E-state index contributed by atoms with van der Waals surface area (Å²) in [5.41, 5.74) is 0.697. The summed E-state index contributed by atoms with van der Waals surface area (Å²) in [6, 6.07) is 5.96. The average molecular weight is 332 g/mol. The Morgan fingerprint density at radius 2 is 1.88 bits per heavy atom. The van der Waals surface area contributed by atoms with Crippen molar-refractivity contribution in [3.8, 4) is 11.5 Å². The van der Waals surface area contributed by atoms with Crippen LogP contribution in [0.25, 0.3) is 11.5 Å². The first-order valence-electron chi connectivity index (χ1n) is 8.12. The summed E-state index contributed by atoms with van der Waals surface area (Å²) in [7, 11) is 0. The third-order valence-electron chi connectivity index (χ3n) is 4.10. The molecule has 2 aromatic rings. The highest BCUT2D eigenvalue weighted by atomic mass is 19.1. The summed E-state index contributed by atoms with van der Waals surface area (Å²) in [6.07, 6.45) is 0. The van der Waals surface area contributed by atoms with Gasteiger partial charge in [-0.25, -0.2) is 4.39 Å². The number of hydrogen-bond donors (Lipinski definition) is 0. The van der Waals surface area contributed by atoms with Gasteiger partial charge in [0, 0.05) is 37.7 Å². The van der Waals surface area contributed by atoms with E-state index in [1.165, 1.54) is 12.1 Å². The second-order valence-electron chi connectivity index (χ2n) is 6.28. The number of amides is 1. The summed E-state index contributed by atoms with van der Waals surface area (Å²) in [4.78, 5) is 20.5. The molecule has 1 amide bonds. The summed E-state index contributed by atoms with van der Waals surface area (Å²) in [5, 5.41) is 3.99. The van der Waals surface area contributed by atoms with Gasteiger partial charge in [0.15, 0.2) is 5.82 Å². The quantitative estimate of drug-likeness (QED) is 0.859. The van der Waals surface area contributed by atoms with Crippen LogP contribution in [-0.2, 0) is 11.3 Å². The molecule has 128 valence electrons. The fourth-order valence-electron chi connectivity index (χ4n) is 2.72. The Morgan fingerprint density at radius 1 is 1.21 bits per heavy atom. The number of carbonyl (C=O) groups is 1. The minimum atomic E-state index is -0.299. The van der Waals surface area contributed by atoms with Gasteiger partial charge in [-0.1, -0.05) is 19.0 Å². The van der Waals surface area contributed by atoms with Crippen LogP contribution in [0.4, 0.5) is 4.39 Å². The average Bonchev–Trinajstić information content (AvgIpc) is 3.04. The number of benzene rings is 1. The number of aromatic nitrogens is 2. The first-order valence-corrected chi connectivity index (χ1v) is 8.12. The Hall–Kier alpha value is -2.28. The zero-order valence-electron chi connectivity index (χ0n) is 13.9. The Bertz CT molecular complexity index is 691. The fourth-order valence-corrected chi connectivity index (χ4v) is 2.72. The van der Waals surface area contributed by atoms with E-state index in [0.717, 1.165) is 26.2 Å². The molecule has 0 unspecified atom stereocenters. The van der Waals surface area contributed by atoms with Crippen molar-refractivity contribution in [3.63, 3.8) is 0 Å². The second kappa shape index (κ2) is 7.09. The summed E-state index contributed by atoms with van der Waals surface area (Å²) in [6.45, 7) is 7.45. The number of halogens is 1. The minimum Gasteiger partial charge on any atom is -0.340 e. The molecule has 3 rings (SSSR count). The third-order valence-corrected chi connectivity index (χ3v) is 4.10. The Morgan fingerprint density at radius 3 is 2.50 bits per heavy atom. The van der Waals surface area contributed by atoms with E-state index in [-0.39, 0.29) is 17.6 Å². The summed E-state index contributed by atoms with van der Waals surface area (Å²) >= 11 is 0. The lowest BCUT2D eigenvalue weighted by molar-refractivity contribution is -0.136. The van der Waals surface area contributed by atoms with E-state index in [1.54, 1.807) is 12.1 Å². The molecular weight excluding hydrogens is 311 g/mol. The molecule has 1 aliphatic rings. The van der Waals surface area contributed by atoms with E-state index in [9.17, 15) is 9.18 Å². The van der Waals surface area contributed by atoms with Gasteiger partial charge in [-0.2, -0.15) is 4.98 Å². The van der Waals surface area contributed by atoms with Crippen LogP contribution in [-0.4, -0.2) is 52.0 Å². The largest absolute Gasteiger partial charge is 0.340 e. The molecule has 0 N–H and O–H groups in total. The molecular formula is C17H21FN4O2. The zero-order chi connectivity index (χ0) is 17.1. The van der Waals surface area contributed by atoms with Crippen molar-refractivity contribution in [2.24, 2.45) is 5.92 Å². The van der Waals surface area contributed by atoms with E-state index in [1.807, 2.05) is 18.7 Å². The van der Waals surface area contributed by atoms with Gasteiger partial charge in [0.05, 0.1) is 6.54 Å². The van der Waals surface area contributed by atoms with Crippen molar-refractivity contribution in [2.75, 3.05) is 26.2 Å². The summed E-state index contributed by atoms with van der Waals surface area (Å²) < 4.78 is 18.2. The summed E-state index contributed by atoms with van der Waals surface area (Å²) in [5.74, 6) is 0.920. The van der Waals surface area contributed by atoms with E-state index in [4.69, 9.17) is 4.52 Å². The maximum Gasteiger partial charge on any atom is 0.257 e. The van der Waals surface area contributed by atoms with Crippen LogP contribution >= 0.6 is 0 Å². The number of piperazine rings is 1. The number of rotatable bonds is 4. The predicted octanol–water partition coefficient (Wildman–Crippen LogP) is 2.18. The van der Waals surface area contributed by atoms with Crippen molar-refractivity contribution >= 4 is 5.91 Å². The monoisotopic (exact) mass is 332 g/mol. The topological polar surface area (TPSA) is 62.5 Å².